The second-order valence-electron chi connectivity index (χ2n) is 5.05. The molecule has 3 rings (SSSR count). The minimum absolute atomic E-state index is 0.253. The number of aromatic nitrogens is 1. The zero-order chi connectivity index (χ0) is 15.0. The van der Waals surface area contributed by atoms with Crippen molar-refractivity contribution in [3.63, 3.8) is 0 Å². The average Bonchev–Trinajstić information content (AvgIpc) is 2.74. The highest BCUT2D eigenvalue weighted by Gasteiger charge is 2.21. The van der Waals surface area contributed by atoms with E-state index < -0.39 is 10.1 Å². The maximum atomic E-state index is 10.8. The summed E-state index contributed by atoms with van der Waals surface area (Å²) in [6.45, 7) is 2.33. The lowest BCUT2D eigenvalue weighted by atomic mass is 10.1. The van der Waals surface area contributed by atoms with Crippen molar-refractivity contribution in [2.45, 2.75) is 19.9 Å². The second kappa shape index (κ2) is 5.13. The average molecular weight is 306 g/mol. The smallest absolute Gasteiger partial charge is 0.344 e. The quantitative estimate of drug-likeness (QED) is 0.594. The second-order valence-corrected chi connectivity index (χ2v) is 6.62. The van der Waals surface area contributed by atoms with Crippen LogP contribution >= 0.6 is 0 Å². The first-order valence-electron chi connectivity index (χ1n) is 6.71. The van der Waals surface area contributed by atoms with Gasteiger partial charge in [0.2, 0.25) is 5.58 Å². The molecular formula is C15H16NO4S+. The van der Waals surface area contributed by atoms with Gasteiger partial charge in [-0.15, -0.1) is 0 Å². The largest absolute Gasteiger partial charge is 0.402 e. The fourth-order valence-corrected chi connectivity index (χ4v) is 3.14. The summed E-state index contributed by atoms with van der Waals surface area (Å²) >= 11 is 0. The lowest BCUT2D eigenvalue weighted by Crippen LogP contribution is -2.36. The molecule has 21 heavy (non-hydrogen) atoms. The maximum Gasteiger partial charge on any atom is 0.344 e. The predicted molar refractivity (Wildman–Crippen MR) is 79.7 cm³/mol. The van der Waals surface area contributed by atoms with Crippen molar-refractivity contribution in [2.75, 3.05) is 5.75 Å². The fourth-order valence-electron chi connectivity index (χ4n) is 2.64. The first-order chi connectivity index (χ1) is 9.96. The van der Waals surface area contributed by atoms with E-state index in [-0.39, 0.29) is 5.75 Å². The van der Waals surface area contributed by atoms with Gasteiger partial charge in [-0.1, -0.05) is 24.3 Å². The lowest BCUT2D eigenvalue weighted by molar-refractivity contribution is -0.681. The van der Waals surface area contributed by atoms with Crippen LogP contribution in [0.2, 0.25) is 0 Å². The molecule has 1 heterocycles. The van der Waals surface area contributed by atoms with Gasteiger partial charge < -0.3 is 4.42 Å². The van der Waals surface area contributed by atoms with Crippen LogP contribution in [0.3, 0.4) is 0 Å². The summed E-state index contributed by atoms with van der Waals surface area (Å²) in [5, 5.41) is 2.17. The van der Waals surface area contributed by atoms with Crippen LogP contribution in [0.25, 0.3) is 21.9 Å². The fraction of sp³-hybridized carbons (Fsp3) is 0.267. The molecule has 110 valence electrons. The van der Waals surface area contributed by atoms with Gasteiger partial charge in [0.1, 0.15) is 0 Å². The molecule has 6 heteroatoms. The summed E-state index contributed by atoms with van der Waals surface area (Å²) in [6, 6.07) is 11.9. The maximum absolute atomic E-state index is 10.8. The van der Waals surface area contributed by atoms with Crippen LogP contribution in [0, 0.1) is 6.92 Å². The Kier molecular flexibility index (Phi) is 3.43. The number of fused-ring (bicyclic) bond motifs is 3. The minimum Gasteiger partial charge on any atom is -0.402 e. The number of rotatable bonds is 4. The summed E-state index contributed by atoms with van der Waals surface area (Å²) in [5.74, 6) is 0.466. The van der Waals surface area contributed by atoms with Crippen molar-refractivity contribution in [3.05, 3.63) is 42.3 Å². The van der Waals surface area contributed by atoms with Crippen LogP contribution in [-0.4, -0.2) is 18.7 Å². The highest BCUT2D eigenvalue weighted by molar-refractivity contribution is 7.85. The van der Waals surface area contributed by atoms with Gasteiger partial charge in [0, 0.05) is 6.42 Å². The summed E-state index contributed by atoms with van der Waals surface area (Å²) in [4.78, 5) is 0. The number of nitrogens with zero attached hydrogens (tertiary/aromatic N) is 1. The predicted octanol–water partition coefficient (Wildman–Crippen LogP) is 2.46. The van der Waals surface area contributed by atoms with E-state index in [0.29, 0.717) is 13.0 Å². The van der Waals surface area contributed by atoms with Gasteiger partial charge in [0.15, 0.2) is 6.54 Å². The zero-order valence-corrected chi connectivity index (χ0v) is 12.4. The molecule has 0 aliphatic heterocycles. The van der Waals surface area contributed by atoms with Crippen LogP contribution in [0.4, 0.5) is 0 Å². The molecule has 0 spiro atoms. The Labute approximate surface area is 122 Å². The summed E-state index contributed by atoms with van der Waals surface area (Å²) < 4.78 is 38.2. The highest BCUT2D eigenvalue weighted by atomic mass is 32.2. The molecule has 3 aromatic rings. The van der Waals surface area contributed by atoms with E-state index in [0.717, 1.165) is 27.8 Å². The van der Waals surface area contributed by atoms with E-state index in [2.05, 4.69) is 0 Å². The number of oxazole rings is 1. The lowest BCUT2D eigenvalue weighted by Gasteiger charge is -1.98. The summed E-state index contributed by atoms with van der Waals surface area (Å²) in [5.41, 5.74) is 1.74. The van der Waals surface area contributed by atoms with E-state index in [1.54, 1.807) is 0 Å². The Morgan fingerprint density at radius 2 is 1.95 bits per heavy atom. The standard InChI is InChI=1S/C15H15NO4S/c1-11-16(9-4-10-21(17,18)19)15-13-6-3-2-5-12(13)7-8-14(15)20-11/h2-3,5-8H,4,9-10H2,1H3/p+1. The number of hydrogen-bond acceptors (Lipinski definition) is 3. The van der Waals surface area contributed by atoms with Crippen molar-refractivity contribution in [2.24, 2.45) is 0 Å². The van der Waals surface area contributed by atoms with E-state index in [1.165, 1.54) is 0 Å². The van der Waals surface area contributed by atoms with Crippen molar-refractivity contribution in [1.82, 2.24) is 0 Å². The monoisotopic (exact) mass is 306 g/mol. The molecule has 0 saturated carbocycles. The zero-order valence-electron chi connectivity index (χ0n) is 11.6. The topological polar surface area (TPSA) is 71.4 Å². The Bertz CT molecular complexity index is 912. The first-order valence-corrected chi connectivity index (χ1v) is 8.32. The van der Waals surface area contributed by atoms with E-state index >= 15 is 0 Å². The van der Waals surface area contributed by atoms with E-state index in [9.17, 15) is 8.42 Å². The van der Waals surface area contributed by atoms with Crippen LogP contribution in [0.1, 0.15) is 12.3 Å². The van der Waals surface area contributed by atoms with E-state index in [1.807, 2.05) is 47.9 Å². The molecule has 1 aromatic heterocycles. The van der Waals surface area contributed by atoms with Crippen molar-refractivity contribution in [1.29, 1.82) is 0 Å². The molecule has 0 unspecified atom stereocenters. The molecule has 0 aliphatic rings. The SMILES string of the molecule is Cc1oc2ccc3ccccc3c2[n+]1CCCS(=O)(=O)O. The molecule has 2 aromatic carbocycles. The van der Waals surface area contributed by atoms with Crippen LogP contribution < -0.4 is 4.57 Å². The van der Waals surface area contributed by atoms with Crippen molar-refractivity contribution >= 4 is 32.0 Å². The van der Waals surface area contributed by atoms with Crippen LogP contribution in [0.5, 0.6) is 0 Å². The third kappa shape index (κ3) is 2.77. The van der Waals surface area contributed by atoms with Gasteiger partial charge in [-0.05, 0) is 17.5 Å². The van der Waals surface area contributed by atoms with E-state index in [4.69, 9.17) is 8.97 Å². The van der Waals surface area contributed by atoms with Gasteiger partial charge in [0.05, 0.1) is 18.1 Å². The molecule has 1 N–H and O–H groups in total. The molecule has 0 saturated heterocycles. The van der Waals surface area contributed by atoms with Gasteiger partial charge in [-0.25, -0.2) is 0 Å². The molecule has 0 atom stereocenters. The Morgan fingerprint density at radius 3 is 2.71 bits per heavy atom. The van der Waals surface area contributed by atoms with Crippen molar-refractivity contribution < 1.29 is 22.0 Å². The minimum atomic E-state index is -3.93. The molecule has 0 amide bonds. The van der Waals surface area contributed by atoms with Gasteiger partial charge in [-0.3, -0.25) is 4.55 Å². The first kappa shape index (κ1) is 14.0. The Morgan fingerprint density at radius 1 is 1.19 bits per heavy atom. The Hall–Kier alpha value is -1.92. The normalized spacial score (nSPS) is 12.3. The molecule has 0 aliphatic carbocycles. The number of hydrogen-bond donors (Lipinski definition) is 1. The van der Waals surface area contributed by atoms with Crippen LogP contribution in [-0.2, 0) is 16.7 Å². The van der Waals surface area contributed by atoms with Gasteiger partial charge in [-0.2, -0.15) is 13.0 Å². The molecular weight excluding hydrogens is 290 g/mol. The number of benzene rings is 2. The molecule has 5 nitrogen and oxygen atoms in total. The molecule has 0 fully saturated rings. The van der Waals surface area contributed by atoms with Gasteiger partial charge >= 0.3 is 5.89 Å². The summed E-state index contributed by atoms with van der Waals surface area (Å²) in [7, 11) is -3.93. The van der Waals surface area contributed by atoms with Crippen LogP contribution in [0.15, 0.2) is 40.8 Å². The van der Waals surface area contributed by atoms with Crippen molar-refractivity contribution in [3.8, 4) is 0 Å². The third-order valence-corrected chi connectivity index (χ3v) is 4.36. The van der Waals surface area contributed by atoms with Gasteiger partial charge in [0.25, 0.3) is 15.6 Å². The summed E-state index contributed by atoms with van der Waals surface area (Å²) in [6.07, 6.45) is 0.336. The molecule has 0 bridgehead atoms. The number of aryl methyl sites for hydroxylation is 2. The molecule has 0 radical (unpaired) electrons. The third-order valence-electron chi connectivity index (χ3n) is 3.56. The Balaban J connectivity index is 2.08. The highest BCUT2D eigenvalue weighted by Crippen LogP contribution is 2.24.